The number of hydroxylamine groups is 1. The third-order valence-electron chi connectivity index (χ3n) is 2.22. The predicted octanol–water partition coefficient (Wildman–Crippen LogP) is 2.05. The number of rotatable bonds is 7. The molecule has 4 heteroatoms. The van der Waals surface area contributed by atoms with Gasteiger partial charge in [0.15, 0.2) is 0 Å². The highest BCUT2D eigenvalue weighted by Crippen LogP contribution is 2.15. The second-order valence-electron chi connectivity index (χ2n) is 3.51. The summed E-state index contributed by atoms with van der Waals surface area (Å²) in [7, 11) is 0. The second-order valence-corrected chi connectivity index (χ2v) is 3.51. The molecule has 0 amide bonds. The van der Waals surface area contributed by atoms with Gasteiger partial charge in [0.1, 0.15) is 0 Å². The van der Waals surface area contributed by atoms with Gasteiger partial charge < -0.3 is 4.84 Å². The van der Waals surface area contributed by atoms with Gasteiger partial charge in [-0.3, -0.25) is 5.26 Å². The Morgan fingerprint density at radius 3 is 3.00 bits per heavy atom. The van der Waals surface area contributed by atoms with Crippen molar-refractivity contribution in [1.82, 2.24) is 5.48 Å². The van der Waals surface area contributed by atoms with Crippen molar-refractivity contribution in [3.8, 4) is 0 Å². The number of hydrogen-bond donors (Lipinski definition) is 2. The van der Waals surface area contributed by atoms with Gasteiger partial charge in [-0.2, -0.15) is 5.48 Å². The van der Waals surface area contributed by atoms with Gasteiger partial charge in [0.2, 0.25) is 0 Å². The standard InChI is InChI=1S/C11H19NO3/c1-2-14-12-11(9-15-13)8-10-6-4-3-5-7-10/h4,6-7,11-13H,2-3,5,8-9H2,1H3/t11-/m1/s1. The maximum absolute atomic E-state index is 8.43. The minimum Gasteiger partial charge on any atom is -0.302 e. The first-order valence-corrected chi connectivity index (χ1v) is 5.36. The Kier molecular flexibility index (Phi) is 6.27. The van der Waals surface area contributed by atoms with Crippen LogP contribution in [0.2, 0.25) is 0 Å². The summed E-state index contributed by atoms with van der Waals surface area (Å²) in [6.07, 6.45) is 9.49. The van der Waals surface area contributed by atoms with Gasteiger partial charge in [0.25, 0.3) is 0 Å². The van der Waals surface area contributed by atoms with Crippen molar-refractivity contribution in [2.45, 2.75) is 32.2 Å². The molecule has 0 spiro atoms. The third kappa shape index (κ3) is 5.09. The van der Waals surface area contributed by atoms with Crippen molar-refractivity contribution >= 4 is 0 Å². The van der Waals surface area contributed by atoms with Crippen LogP contribution in [-0.2, 0) is 9.73 Å². The highest BCUT2D eigenvalue weighted by molar-refractivity contribution is 5.22. The number of hydrogen-bond acceptors (Lipinski definition) is 4. The predicted molar refractivity (Wildman–Crippen MR) is 58.2 cm³/mol. The third-order valence-corrected chi connectivity index (χ3v) is 2.22. The van der Waals surface area contributed by atoms with Crippen molar-refractivity contribution in [2.24, 2.45) is 0 Å². The van der Waals surface area contributed by atoms with Crippen molar-refractivity contribution in [3.63, 3.8) is 0 Å². The van der Waals surface area contributed by atoms with Crippen LogP contribution in [0.1, 0.15) is 26.2 Å². The molecule has 0 fully saturated rings. The molecule has 0 aromatic carbocycles. The monoisotopic (exact) mass is 213 g/mol. The summed E-state index contributed by atoms with van der Waals surface area (Å²) in [6, 6.07) is -0.0102. The van der Waals surface area contributed by atoms with Gasteiger partial charge in [-0.1, -0.05) is 23.8 Å². The molecule has 4 nitrogen and oxygen atoms in total. The molecule has 0 unspecified atom stereocenters. The van der Waals surface area contributed by atoms with Crippen molar-refractivity contribution in [2.75, 3.05) is 13.2 Å². The normalized spacial score (nSPS) is 17.6. The van der Waals surface area contributed by atoms with E-state index in [0.29, 0.717) is 6.61 Å². The maximum atomic E-state index is 8.43. The van der Waals surface area contributed by atoms with Crippen molar-refractivity contribution in [3.05, 3.63) is 23.8 Å². The van der Waals surface area contributed by atoms with Crippen LogP contribution in [0.3, 0.4) is 0 Å². The molecule has 0 heterocycles. The summed E-state index contributed by atoms with van der Waals surface area (Å²) in [5.74, 6) is 0. The zero-order chi connectivity index (χ0) is 10.9. The van der Waals surface area contributed by atoms with E-state index in [1.165, 1.54) is 5.57 Å². The molecule has 0 bridgehead atoms. The Morgan fingerprint density at radius 1 is 1.53 bits per heavy atom. The zero-order valence-electron chi connectivity index (χ0n) is 9.11. The van der Waals surface area contributed by atoms with E-state index in [9.17, 15) is 0 Å². The van der Waals surface area contributed by atoms with Crippen molar-refractivity contribution in [1.29, 1.82) is 0 Å². The molecular formula is C11H19NO3. The molecular weight excluding hydrogens is 194 g/mol. The van der Waals surface area contributed by atoms with Gasteiger partial charge in [-0.05, 0) is 26.2 Å². The molecule has 86 valence electrons. The van der Waals surface area contributed by atoms with E-state index in [2.05, 4.69) is 28.6 Å². The smallest absolute Gasteiger partial charge is 0.0998 e. The van der Waals surface area contributed by atoms with Crippen LogP contribution in [0.15, 0.2) is 23.8 Å². The van der Waals surface area contributed by atoms with Crippen LogP contribution in [-0.4, -0.2) is 24.5 Å². The molecule has 1 atom stereocenters. The van der Waals surface area contributed by atoms with E-state index in [1.54, 1.807) is 0 Å². The molecule has 1 aliphatic rings. The fraction of sp³-hybridized carbons (Fsp3) is 0.636. The summed E-state index contributed by atoms with van der Waals surface area (Å²) in [4.78, 5) is 9.25. The van der Waals surface area contributed by atoms with Crippen LogP contribution in [0.4, 0.5) is 0 Å². The lowest BCUT2D eigenvalue weighted by molar-refractivity contribution is -0.251. The summed E-state index contributed by atoms with van der Waals surface area (Å²) in [5.41, 5.74) is 4.12. The molecule has 15 heavy (non-hydrogen) atoms. The maximum Gasteiger partial charge on any atom is 0.0998 e. The van der Waals surface area contributed by atoms with E-state index >= 15 is 0 Å². The Labute approximate surface area is 90.5 Å². The molecule has 0 aromatic rings. The largest absolute Gasteiger partial charge is 0.302 e. The first kappa shape index (κ1) is 12.4. The molecule has 1 rings (SSSR count). The molecule has 0 aromatic heterocycles. The van der Waals surface area contributed by atoms with Crippen LogP contribution >= 0.6 is 0 Å². The lowest BCUT2D eigenvalue weighted by atomic mass is 10.0. The van der Waals surface area contributed by atoms with Crippen molar-refractivity contribution < 1.29 is 15.0 Å². The molecule has 2 N–H and O–H groups in total. The van der Waals surface area contributed by atoms with Crippen LogP contribution < -0.4 is 5.48 Å². The highest BCUT2D eigenvalue weighted by Gasteiger charge is 2.11. The Hall–Kier alpha value is -0.680. The van der Waals surface area contributed by atoms with Gasteiger partial charge in [0, 0.05) is 0 Å². The summed E-state index contributed by atoms with van der Waals surface area (Å²) in [5, 5.41) is 8.43. The number of allylic oxidation sites excluding steroid dienone is 3. The number of nitrogens with one attached hydrogen (secondary N) is 1. The minimum atomic E-state index is -0.0102. The van der Waals surface area contributed by atoms with E-state index in [0.717, 1.165) is 19.3 Å². The fourth-order valence-electron chi connectivity index (χ4n) is 1.53. The van der Waals surface area contributed by atoms with Gasteiger partial charge in [-0.25, -0.2) is 4.89 Å². The quantitative estimate of drug-likeness (QED) is 0.502. The summed E-state index contributed by atoms with van der Waals surface area (Å²) < 4.78 is 0. The fourth-order valence-corrected chi connectivity index (χ4v) is 1.53. The summed E-state index contributed by atoms with van der Waals surface area (Å²) >= 11 is 0. The Bertz CT molecular complexity index is 226. The average Bonchev–Trinajstić information content (AvgIpc) is 2.28. The molecule has 1 aliphatic carbocycles. The average molecular weight is 213 g/mol. The topological polar surface area (TPSA) is 50.7 Å². The van der Waals surface area contributed by atoms with Gasteiger partial charge in [0.05, 0.1) is 19.3 Å². The van der Waals surface area contributed by atoms with E-state index < -0.39 is 0 Å². The van der Waals surface area contributed by atoms with Gasteiger partial charge in [-0.15, -0.1) is 0 Å². The molecule has 0 radical (unpaired) electrons. The van der Waals surface area contributed by atoms with Crippen LogP contribution in [0.5, 0.6) is 0 Å². The second kappa shape index (κ2) is 7.59. The lowest BCUT2D eigenvalue weighted by Crippen LogP contribution is -2.33. The first-order chi connectivity index (χ1) is 7.36. The highest BCUT2D eigenvalue weighted by atomic mass is 17.1. The Balaban J connectivity index is 2.35. The summed E-state index contributed by atoms with van der Waals surface area (Å²) in [6.45, 7) is 2.73. The van der Waals surface area contributed by atoms with E-state index in [4.69, 9.17) is 10.1 Å². The van der Waals surface area contributed by atoms with Crippen LogP contribution in [0, 0.1) is 0 Å². The molecule has 0 saturated carbocycles. The van der Waals surface area contributed by atoms with E-state index in [-0.39, 0.29) is 12.6 Å². The van der Waals surface area contributed by atoms with Crippen LogP contribution in [0.25, 0.3) is 0 Å². The zero-order valence-corrected chi connectivity index (χ0v) is 9.11. The van der Waals surface area contributed by atoms with E-state index in [1.807, 2.05) is 6.92 Å². The molecule has 0 saturated heterocycles. The minimum absolute atomic E-state index is 0.0102. The SMILES string of the molecule is CCON[C@@H](COO)CC1=CCCC=C1. The van der Waals surface area contributed by atoms with Gasteiger partial charge >= 0.3 is 0 Å². The lowest BCUT2D eigenvalue weighted by Gasteiger charge is -2.17. The first-order valence-electron chi connectivity index (χ1n) is 5.36. The molecule has 0 aliphatic heterocycles. The Morgan fingerprint density at radius 2 is 2.40 bits per heavy atom.